The Hall–Kier alpha value is -9.71. The van der Waals surface area contributed by atoms with Gasteiger partial charge in [-0.15, -0.1) is 0 Å². The van der Waals surface area contributed by atoms with Gasteiger partial charge in [0.15, 0.2) is 0 Å². The standard InChI is InChI=1S/C118H130B2N2S2/c1-109(2,3)81-48-75(49-82(62-81)110(4,5)6)73-44-46-94-102(58-73)123-104-60-79(77-52-85(113(13,14)15)64-86(53-77)114(16,17)18)56-100-106(104)119(94)96-69-97-99(70-98(96)121(100)91-67-89(117(25,26)27)66-90(68-91)118(28,29)30)122(108-92(71-38-33-31-34-39-71)42-37-43-93(108)72-40-35-32-36-41-72)101-57-80(78-54-87(115(19,20)21)65-88(55-78)116(22,23)24)61-105-107(101)120(97)95-47-45-74(59-103(95)124-105)76-50-83(111(7,8)9)63-84(51-76)112(10,11)12/h31-70H,1-30H3. The average Bonchev–Trinajstić information content (AvgIpc) is 0.683. The van der Waals surface area contributed by atoms with Crippen molar-refractivity contribution in [1.29, 1.82) is 0 Å². The van der Waals surface area contributed by atoms with Crippen LogP contribution in [0.5, 0.6) is 0 Å². The van der Waals surface area contributed by atoms with Crippen LogP contribution < -0.4 is 42.6 Å². The minimum absolute atomic E-state index is 0.0627. The highest BCUT2D eigenvalue weighted by Crippen LogP contribution is 2.55. The van der Waals surface area contributed by atoms with Gasteiger partial charge in [-0.3, -0.25) is 0 Å². The predicted octanol–water partition coefficient (Wildman–Crippen LogP) is 30.2. The molecule has 0 radical (unpaired) electrons. The Morgan fingerprint density at radius 2 is 0.460 bits per heavy atom. The summed E-state index contributed by atoms with van der Waals surface area (Å²) < 4.78 is 0. The Balaban J connectivity index is 1.06. The molecule has 2 nitrogen and oxygen atoms in total. The molecule has 0 aromatic heterocycles. The van der Waals surface area contributed by atoms with Crippen molar-refractivity contribution in [1.82, 2.24) is 0 Å². The smallest absolute Gasteiger partial charge is 0.249 e. The second kappa shape index (κ2) is 30.0. The minimum atomic E-state index is -0.200. The lowest BCUT2D eigenvalue weighted by Gasteiger charge is -2.45. The van der Waals surface area contributed by atoms with Crippen molar-refractivity contribution in [3.05, 3.63) is 298 Å². The van der Waals surface area contributed by atoms with Gasteiger partial charge in [-0.2, -0.15) is 0 Å². The van der Waals surface area contributed by atoms with Crippen LogP contribution >= 0.6 is 23.5 Å². The normalized spacial score (nSPS) is 14.2. The SMILES string of the molecule is CC(C)(C)c1cc(-c2ccc3c(c2)Sc2cc(-c4cc(C(C)(C)C)cc(C(C)(C)C)c4)cc4c2B3c2cc3c(cc2N4c2cc(C(C)(C)C)cc(C(C)(C)C)c2)N(c2c(-c4ccccc4)cccc2-c2ccccc2)c2cc(-c4cc(C(C)(C)C)cc(C(C)(C)C)c4)cc4c2B3c2ccc(-c3cc(C(C)(C)C)cc(C(C)(C)C)c3)cc2S4)cc(C(C)(C)C)c1. The van der Waals surface area contributed by atoms with Gasteiger partial charge in [0, 0.05) is 59.1 Å². The lowest BCUT2D eigenvalue weighted by molar-refractivity contribution is 0.568. The Labute approximate surface area is 754 Å². The zero-order valence-corrected chi connectivity index (χ0v) is 81.6. The molecule has 17 rings (SSSR count). The number of anilines is 6. The summed E-state index contributed by atoms with van der Waals surface area (Å²) in [5.41, 5.74) is 41.9. The van der Waals surface area contributed by atoms with E-state index in [2.05, 4.69) is 460 Å². The van der Waals surface area contributed by atoms with Crippen molar-refractivity contribution >= 4 is 104 Å². The molecule has 0 bridgehead atoms. The van der Waals surface area contributed by atoms with E-state index in [-0.39, 0.29) is 67.6 Å². The number of rotatable bonds is 8. The van der Waals surface area contributed by atoms with Crippen molar-refractivity contribution in [2.45, 2.75) is 281 Å². The summed E-state index contributed by atoms with van der Waals surface area (Å²) in [4.78, 5) is 10.7. The van der Waals surface area contributed by atoms with E-state index >= 15 is 0 Å². The molecule has 0 amide bonds. The minimum Gasteiger partial charge on any atom is -0.311 e. The van der Waals surface area contributed by atoms with Gasteiger partial charge in [-0.05, 0) is 242 Å². The van der Waals surface area contributed by atoms with E-state index < -0.39 is 0 Å². The number of hydrogen-bond donors (Lipinski definition) is 0. The molecule has 13 aromatic carbocycles. The monoisotopic (exact) mass is 1660 g/mol. The molecule has 0 fully saturated rings. The topological polar surface area (TPSA) is 6.48 Å². The molecule has 0 aliphatic carbocycles. The molecule has 0 atom stereocenters. The van der Waals surface area contributed by atoms with Crippen molar-refractivity contribution in [3.8, 4) is 66.8 Å². The summed E-state index contributed by atoms with van der Waals surface area (Å²) >= 11 is 3.96. The van der Waals surface area contributed by atoms with Gasteiger partial charge in [0.1, 0.15) is 0 Å². The maximum absolute atomic E-state index is 2.80. The molecular formula is C118H130B2N2S2. The number of para-hydroxylation sites is 1. The molecule has 630 valence electrons. The summed E-state index contributed by atoms with van der Waals surface area (Å²) in [5.74, 6) is 0. The fourth-order valence-electron chi connectivity index (χ4n) is 18.9. The molecule has 4 aliphatic rings. The summed E-state index contributed by atoms with van der Waals surface area (Å²) in [6.45, 7) is 71.1. The van der Waals surface area contributed by atoms with Gasteiger partial charge in [-0.25, -0.2) is 0 Å². The molecule has 13 aromatic rings. The van der Waals surface area contributed by atoms with Crippen LogP contribution in [0.15, 0.2) is 262 Å². The van der Waals surface area contributed by atoms with Crippen LogP contribution in [0.1, 0.15) is 263 Å². The third kappa shape index (κ3) is 16.1. The van der Waals surface area contributed by atoms with Crippen molar-refractivity contribution < 1.29 is 0 Å². The first-order valence-corrected chi connectivity index (χ1v) is 47.2. The number of nitrogens with zero attached hydrogens (tertiary/aromatic N) is 2. The molecule has 124 heavy (non-hydrogen) atoms. The van der Waals surface area contributed by atoms with Crippen molar-refractivity contribution in [2.75, 3.05) is 9.80 Å². The fraction of sp³-hybridized carbons (Fsp3) is 0.339. The third-order valence-electron chi connectivity index (χ3n) is 27.0. The molecule has 6 heteroatoms. The van der Waals surface area contributed by atoms with E-state index in [0.717, 1.165) is 16.8 Å². The molecular weight excluding hydrogens is 1530 g/mol. The first kappa shape index (κ1) is 86.4. The van der Waals surface area contributed by atoms with Gasteiger partial charge in [0.05, 0.1) is 5.69 Å². The number of fused-ring (bicyclic) bond motifs is 8. The Morgan fingerprint density at radius 3 is 0.766 bits per heavy atom. The molecule has 4 aliphatic heterocycles. The van der Waals surface area contributed by atoms with Crippen LogP contribution in [-0.4, -0.2) is 13.4 Å². The Morgan fingerprint density at radius 1 is 0.194 bits per heavy atom. The third-order valence-corrected chi connectivity index (χ3v) is 29.3. The molecule has 0 unspecified atom stereocenters. The second-order valence-electron chi connectivity index (χ2n) is 46.9. The first-order chi connectivity index (χ1) is 57.7. The first-order valence-electron chi connectivity index (χ1n) is 45.6. The van der Waals surface area contributed by atoms with E-state index in [0.29, 0.717) is 0 Å². The van der Waals surface area contributed by atoms with Gasteiger partial charge in [0.2, 0.25) is 13.4 Å². The molecule has 4 heterocycles. The zero-order valence-electron chi connectivity index (χ0n) is 80.0. The van der Waals surface area contributed by atoms with Crippen LogP contribution in [0.25, 0.3) is 66.8 Å². The Bertz CT molecular complexity index is 6240. The second-order valence-corrected chi connectivity index (χ2v) is 49.1. The van der Waals surface area contributed by atoms with E-state index in [4.69, 9.17) is 0 Å². The Kier molecular flexibility index (Phi) is 20.9. The van der Waals surface area contributed by atoms with Crippen LogP contribution in [-0.2, 0) is 54.1 Å². The lowest BCUT2D eigenvalue weighted by atomic mass is 9.31. The van der Waals surface area contributed by atoms with Gasteiger partial charge in [0.25, 0.3) is 0 Å². The van der Waals surface area contributed by atoms with Gasteiger partial charge < -0.3 is 9.80 Å². The van der Waals surface area contributed by atoms with Crippen molar-refractivity contribution in [3.63, 3.8) is 0 Å². The number of benzene rings is 13. The van der Waals surface area contributed by atoms with Crippen LogP contribution in [0, 0.1) is 0 Å². The summed E-state index contributed by atoms with van der Waals surface area (Å²) in [6, 6.07) is 98.5. The van der Waals surface area contributed by atoms with E-state index in [1.54, 1.807) is 0 Å². The summed E-state index contributed by atoms with van der Waals surface area (Å²) in [6.07, 6.45) is 0. The molecule has 0 saturated heterocycles. The van der Waals surface area contributed by atoms with E-state index in [9.17, 15) is 0 Å². The van der Waals surface area contributed by atoms with Gasteiger partial charge in [-0.1, -0.05) is 430 Å². The maximum atomic E-state index is 2.80. The maximum Gasteiger partial charge on any atom is 0.249 e. The average molecular weight is 1660 g/mol. The highest BCUT2D eigenvalue weighted by atomic mass is 32.2. The van der Waals surface area contributed by atoms with Crippen LogP contribution in [0.4, 0.5) is 34.1 Å². The highest BCUT2D eigenvalue weighted by molar-refractivity contribution is 8.00. The fourth-order valence-corrected chi connectivity index (χ4v) is 21.4. The molecule has 0 N–H and O–H groups in total. The highest BCUT2D eigenvalue weighted by Gasteiger charge is 2.49. The number of hydrogen-bond acceptors (Lipinski definition) is 4. The van der Waals surface area contributed by atoms with E-state index in [1.807, 2.05) is 23.5 Å². The van der Waals surface area contributed by atoms with Crippen molar-refractivity contribution in [2.24, 2.45) is 0 Å². The quantitative estimate of drug-likeness (QED) is 0.140. The molecule has 0 spiro atoms. The predicted molar refractivity (Wildman–Crippen MR) is 546 cm³/mol. The summed E-state index contributed by atoms with van der Waals surface area (Å²) in [5, 5.41) is 0. The summed E-state index contributed by atoms with van der Waals surface area (Å²) in [7, 11) is 0. The largest absolute Gasteiger partial charge is 0.311 e. The molecule has 0 saturated carbocycles. The van der Waals surface area contributed by atoms with Gasteiger partial charge >= 0.3 is 0 Å². The van der Waals surface area contributed by atoms with Crippen LogP contribution in [0.2, 0.25) is 0 Å². The lowest BCUT2D eigenvalue weighted by Crippen LogP contribution is -2.64. The van der Waals surface area contributed by atoms with E-state index in [1.165, 1.54) is 192 Å². The van der Waals surface area contributed by atoms with Crippen LogP contribution in [0.3, 0.4) is 0 Å². The zero-order chi connectivity index (χ0) is 88.9.